The van der Waals surface area contributed by atoms with E-state index in [0.717, 1.165) is 38.5 Å². The molecule has 0 amide bonds. The third-order valence-corrected chi connectivity index (χ3v) is 13.4. The molecular weight excluding hydrogens is 492 g/mol. The monoisotopic (exact) mass is 544 g/mol. The van der Waals surface area contributed by atoms with Gasteiger partial charge in [-0.25, -0.2) is 0 Å². The van der Waals surface area contributed by atoms with Crippen LogP contribution in [-0.4, -0.2) is 40.6 Å². The maximum absolute atomic E-state index is 12.4. The Hall–Kier alpha value is -1.43. The van der Waals surface area contributed by atoms with Gasteiger partial charge in [0.1, 0.15) is 28.7 Å². The van der Waals surface area contributed by atoms with Crippen molar-refractivity contribution in [2.45, 2.75) is 143 Å². The molecule has 6 heteroatoms. The van der Waals surface area contributed by atoms with Gasteiger partial charge in [-0.2, -0.15) is 0 Å². The first-order valence-electron chi connectivity index (χ1n) is 15.6. The van der Waals surface area contributed by atoms with Gasteiger partial charge < -0.3 is 14.2 Å². The number of esters is 2. The zero-order valence-electron chi connectivity index (χ0n) is 25.9. The molecule has 5 aliphatic rings. The Labute approximate surface area is 235 Å². The van der Waals surface area contributed by atoms with Crippen LogP contribution in [0.25, 0.3) is 0 Å². The number of ether oxygens (including phenoxy) is 3. The normalized spacial score (nSPS) is 45.4. The average molecular weight is 545 g/mol. The fourth-order valence-electron chi connectivity index (χ4n) is 10.9. The number of fused-ring (bicyclic) bond motifs is 6. The van der Waals surface area contributed by atoms with E-state index in [4.69, 9.17) is 14.2 Å². The quantitative estimate of drug-likeness (QED) is 0.274. The lowest BCUT2D eigenvalue weighted by Gasteiger charge is -2.60. The van der Waals surface area contributed by atoms with Crippen LogP contribution in [-0.2, 0) is 28.6 Å². The molecule has 39 heavy (non-hydrogen) atoms. The molecule has 4 aliphatic carbocycles. The Balaban J connectivity index is 1.41. The predicted octanol–water partition coefficient (Wildman–Crippen LogP) is 6.67. The lowest BCUT2D eigenvalue weighted by Crippen LogP contribution is -2.56. The van der Waals surface area contributed by atoms with Crippen LogP contribution in [0, 0.1) is 46.3 Å². The third-order valence-electron chi connectivity index (χ3n) is 13.4. The highest BCUT2D eigenvalue weighted by atomic mass is 16.7. The number of Topliss-reactive ketones (excluding diaryl/α,β-unsaturated/α-hetero) is 1. The highest BCUT2D eigenvalue weighted by molar-refractivity contribution is 5.79. The molecule has 1 spiro atoms. The van der Waals surface area contributed by atoms with Gasteiger partial charge in [0.15, 0.2) is 0 Å². The summed E-state index contributed by atoms with van der Waals surface area (Å²) in [4.78, 5) is 36.6. The first-order valence-corrected chi connectivity index (χ1v) is 15.6. The number of carbonyl (C=O) groups is 3. The molecule has 0 aromatic heterocycles. The van der Waals surface area contributed by atoms with Crippen LogP contribution >= 0.6 is 0 Å². The van der Waals surface area contributed by atoms with Gasteiger partial charge in [0.2, 0.25) is 0 Å². The molecular formula is C33H52O6. The fourth-order valence-corrected chi connectivity index (χ4v) is 10.9. The number of hydrogen-bond acceptors (Lipinski definition) is 6. The Kier molecular flexibility index (Phi) is 6.93. The molecule has 1 saturated heterocycles. The minimum absolute atomic E-state index is 0.0311. The van der Waals surface area contributed by atoms with E-state index < -0.39 is 17.3 Å². The van der Waals surface area contributed by atoms with E-state index in [1.807, 2.05) is 13.8 Å². The van der Waals surface area contributed by atoms with Crippen LogP contribution in [0.4, 0.5) is 0 Å². The van der Waals surface area contributed by atoms with Crippen molar-refractivity contribution >= 4 is 17.7 Å². The van der Waals surface area contributed by atoms with E-state index >= 15 is 0 Å². The van der Waals surface area contributed by atoms with Crippen molar-refractivity contribution in [3.05, 3.63) is 0 Å². The smallest absolute Gasteiger partial charge is 0.303 e. The van der Waals surface area contributed by atoms with Crippen LogP contribution in [0.2, 0.25) is 0 Å². The first kappa shape index (κ1) is 29.1. The molecule has 0 aromatic carbocycles. The standard InChI is InChI=1S/C33H52O6/c1-19(20(2)29(5,6)38-22(4)35)28(37-21(3)34)32(9)33(39-32)17-14-27-25-11-10-23-18-24(36)12-15-30(23,7)26(25)13-16-31(27,33)8/h19-20,23,25-28H,10-18H2,1-9H3/t19-,20-,23-,25+,26-,27-,28+,30-,31-,32-,33-/m0/s1. The van der Waals surface area contributed by atoms with Gasteiger partial charge in [-0.05, 0) is 94.8 Å². The summed E-state index contributed by atoms with van der Waals surface area (Å²) in [6.45, 7) is 18.1. The van der Waals surface area contributed by atoms with Gasteiger partial charge in [0, 0.05) is 43.9 Å². The summed E-state index contributed by atoms with van der Waals surface area (Å²) in [5, 5.41) is 0. The summed E-state index contributed by atoms with van der Waals surface area (Å²) in [5.74, 6) is 2.27. The van der Waals surface area contributed by atoms with Crippen molar-refractivity contribution in [2.75, 3.05) is 0 Å². The molecule has 0 radical (unpaired) electrons. The average Bonchev–Trinajstić information content (AvgIpc) is 3.35. The zero-order valence-corrected chi connectivity index (χ0v) is 25.9. The summed E-state index contributed by atoms with van der Waals surface area (Å²) >= 11 is 0. The van der Waals surface area contributed by atoms with Crippen LogP contribution in [0.15, 0.2) is 0 Å². The molecule has 0 N–H and O–H groups in total. The van der Waals surface area contributed by atoms with Gasteiger partial charge in [0.25, 0.3) is 0 Å². The molecule has 1 heterocycles. The molecule has 5 rings (SSSR count). The lowest BCUT2D eigenvalue weighted by molar-refractivity contribution is -0.169. The highest BCUT2D eigenvalue weighted by Gasteiger charge is 2.83. The number of epoxide rings is 1. The third kappa shape index (κ3) is 4.15. The van der Waals surface area contributed by atoms with E-state index in [0.29, 0.717) is 29.5 Å². The van der Waals surface area contributed by atoms with Crippen molar-refractivity contribution in [3.63, 3.8) is 0 Å². The van der Waals surface area contributed by atoms with Crippen LogP contribution in [0.5, 0.6) is 0 Å². The topological polar surface area (TPSA) is 82.2 Å². The minimum atomic E-state index is -0.697. The maximum atomic E-state index is 12.4. The van der Waals surface area contributed by atoms with Crippen molar-refractivity contribution in [1.29, 1.82) is 0 Å². The van der Waals surface area contributed by atoms with Gasteiger partial charge in [-0.15, -0.1) is 0 Å². The number of carbonyl (C=O) groups excluding carboxylic acids is 3. The summed E-state index contributed by atoms with van der Waals surface area (Å²) in [5.41, 5.74) is -1.27. The van der Waals surface area contributed by atoms with Gasteiger partial charge in [-0.3, -0.25) is 14.4 Å². The van der Waals surface area contributed by atoms with Crippen molar-refractivity contribution in [3.8, 4) is 0 Å². The second kappa shape index (κ2) is 9.29. The number of ketones is 1. The fraction of sp³-hybridized carbons (Fsp3) is 0.909. The van der Waals surface area contributed by atoms with E-state index in [1.165, 1.54) is 33.1 Å². The molecule has 0 aromatic rings. The summed E-state index contributed by atoms with van der Waals surface area (Å²) in [6, 6.07) is 0. The highest BCUT2D eigenvalue weighted by Crippen LogP contribution is 2.77. The second-order valence-corrected chi connectivity index (χ2v) is 15.3. The number of hydrogen-bond donors (Lipinski definition) is 0. The van der Waals surface area contributed by atoms with E-state index in [1.54, 1.807) is 0 Å². The first-order chi connectivity index (χ1) is 18.0. The van der Waals surface area contributed by atoms with Gasteiger partial charge in [-0.1, -0.05) is 27.7 Å². The molecule has 11 atom stereocenters. The Morgan fingerprint density at radius 1 is 0.949 bits per heavy atom. The number of rotatable bonds is 6. The Morgan fingerprint density at radius 2 is 1.62 bits per heavy atom. The van der Waals surface area contributed by atoms with E-state index in [9.17, 15) is 14.4 Å². The lowest BCUT2D eigenvalue weighted by atomic mass is 9.44. The SMILES string of the molecule is CC(=O)O[C@H]([C@@H](C)[C@H](C)C(C)(C)OC(C)=O)[C@]1(C)O[C@]12CC[C@H]1[C@@H]3CC[C@H]4CC(=O)CC[C@]4(C)[C@H]3CC[C@@]12C. The largest absolute Gasteiger partial charge is 0.460 e. The maximum Gasteiger partial charge on any atom is 0.303 e. The summed E-state index contributed by atoms with van der Waals surface area (Å²) < 4.78 is 18.8. The molecule has 1 aliphatic heterocycles. The van der Waals surface area contributed by atoms with Crippen LogP contribution in [0.3, 0.4) is 0 Å². The van der Waals surface area contributed by atoms with E-state index in [-0.39, 0.29) is 40.2 Å². The minimum Gasteiger partial charge on any atom is -0.460 e. The zero-order chi connectivity index (χ0) is 28.8. The molecule has 5 fully saturated rings. The molecule has 0 bridgehead atoms. The van der Waals surface area contributed by atoms with Crippen molar-refractivity contribution < 1.29 is 28.6 Å². The summed E-state index contributed by atoms with van der Waals surface area (Å²) in [6.07, 6.45) is 9.06. The summed E-state index contributed by atoms with van der Waals surface area (Å²) in [7, 11) is 0. The van der Waals surface area contributed by atoms with Crippen molar-refractivity contribution in [2.24, 2.45) is 46.3 Å². The van der Waals surface area contributed by atoms with Crippen LogP contribution < -0.4 is 0 Å². The molecule has 220 valence electrons. The molecule has 6 nitrogen and oxygen atoms in total. The molecule has 0 unspecified atom stereocenters. The van der Waals surface area contributed by atoms with Crippen LogP contribution in [0.1, 0.15) is 120 Å². The second-order valence-electron chi connectivity index (χ2n) is 15.3. The van der Waals surface area contributed by atoms with E-state index in [2.05, 4.69) is 34.6 Å². The Bertz CT molecular complexity index is 1040. The predicted molar refractivity (Wildman–Crippen MR) is 149 cm³/mol. The van der Waals surface area contributed by atoms with Gasteiger partial charge >= 0.3 is 11.9 Å². The van der Waals surface area contributed by atoms with Gasteiger partial charge in [0.05, 0.1) is 0 Å². The molecule has 4 saturated carbocycles. The van der Waals surface area contributed by atoms with Crippen molar-refractivity contribution in [1.82, 2.24) is 0 Å². The Morgan fingerprint density at radius 3 is 2.26 bits per heavy atom.